The molecule has 0 spiro atoms. The predicted octanol–water partition coefficient (Wildman–Crippen LogP) is 12.8. The van der Waals surface area contributed by atoms with Crippen molar-refractivity contribution < 1.29 is 54.2 Å². The molecule has 2 saturated carbocycles. The Balaban J connectivity index is 0.00000114. The number of amides is 7. The monoisotopic (exact) mass is 1210 g/mol. The number of piperidine rings is 3. The molecule has 0 radical (unpaired) electrons. The first kappa shape index (κ1) is 74.9. The van der Waals surface area contributed by atoms with E-state index < -0.39 is 34.8 Å². The number of pyridine rings is 2. The number of alkyl halides is 2. The second-order valence-corrected chi connectivity index (χ2v) is 24.3. The number of aromatic nitrogens is 2. The van der Waals surface area contributed by atoms with Crippen LogP contribution in [0.5, 0.6) is 0 Å². The second-order valence-electron chi connectivity index (χ2n) is 23.5. The summed E-state index contributed by atoms with van der Waals surface area (Å²) in [4.78, 5) is 100. The number of imide groups is 1. The number of hydrogen-bond acceptors (Lipinski definition) is 13. The van der Waals surface area contributed by atoms with Gasteiger partial charge in [0, 0.05) is 69.9 Å². The molecule has 2 aliphatic carbocycles. The maximum atomic E-state index is 13.6. The van der Waals surface area contributed by atoms with Gasteiger partial charge in [0.25, 0.3) is 0 Å². The number of hydrogen-bond donors (Lipinski definition) is 4. The number of carbonyl (C=O) groups excluding carboxylic acids is 6. The third kappa shape index (κ3) is 31.4. The van der Waals surface area contributed by atoms with E-state index in [-0.39, 0.29) is 80.7 Å². The molecule has 3 atom stereocenters. The molecule has 5 N–H and O–H groups in total. The first-order valence-electron chi connectivity index (χ1n) is 28.8. The van der Waals surface area contributed by atoms with Crippen LogP contribution in [0.4, 0.5) is 30.6 Å². The summed E-state index contributed by atoms with van der Waals surface area (Å²) in [5.74, 6) is -2.06. The van der Waals surface area contributed by atoms with E-state index in [1.807, 2.05) is 41.5 Å². The molecule has 470 valence electrons. The number of likely N-dealkylation sites (tertiary alicyclic amines) is 3. The van der Waals surface area contributed by atoms with E-state index in [1.54, 1.807) is 79.6 Å². The first-order valence-corrected chi connectivity index (χ1v) is 29.3. The third-order valence-corrected chi connectivity index (χ3v) is 13.2. The standard InChI is InChI=1S/C24H41N3O4.C16H23N3O3.C11H19NO4.C5H6N2.C2H2.CH2Cl2.2CH4/c1-24(2,3)31-23(30)26-16-10-11-18(17-26)21(28)27(20-14-8-5-9-15-20)22(29)25-19-12-6-4-7-13-19;1-16(2,3)22-15(21)19-9-5-6-12(11-19)14(20)18-13-7-4-8-17-10-13;1-11(2,3)16-10(15)12-6-4-5-8(7-12)9(13)14;6-5-2-1-3-7-4-5;1-2;2-1-3;;/h18-20H,4-17H2,1-3H3,(H,25,29);4,7-8,10,12H,5-6,9,11H2,1-3H3,(H,18,20);8H,4-7H2,1-3H3,(H,13,14);1-4H,6H2;1-2H;1H2;2*1H4/t18-;12-;8-;;;;;/m111...../s1/i;;;;1D;;;. The molecular weight excluding hydrogens is 1110 g/mol. The Kier molecular flexibility index (Phi) is 35.6. The number of halogens is 2. The van der Waals surface area contributed by atoms with Gasteiger partial charge in [0.2, 0.25) is 11.8 Å². The molecule has 3 saturated heterocycles. The van der Waals surface area contributed by atoms with Crippen molar-refractivity contribution in [1.29, 1.82) is 0 Å². The van der Waals surface area contributed by atoms with Gasteiger partial charge < -0.3 is 50.4 Å². The van der Waals surface area contributed by atoms with E-state index in [0.717, 1.165) is 77.0 Å². The van der Waals surface area contributed by atoms with Crippen molar-refractivity contribution in [3.05, 3.63) is 49.1 Å². The van der Waals surface area contributed by atoms with E-state index in [4.69, 9.17) is 49.6 Å². The lowest BCUT2D eigenvalue weighted by atomic mass is 9.91. The molecule has 83 heavy (non-hydrogen) atoms. The van der Waals surface area contributed by atoms with E-state index in [2.05, 4.69) is 27.0 Å². The maximum Gasteiger partial charge on any atom is 0.410 e. The summed E-state index contributed by atoms with van der Waals surface area (Å²) in [6.07, 6.45) is 26.1. The SMILES string of the molecule is C.C.CC(C)(C)OC(=O)N1CCC[C@@H](C(=O)N(C(=O)NC2CCCCC2)C2CCCCC2)C1.CC(C)(C)OC(=O)N1CCC[C@@H](C(=O)Nc2cccnc2)C1.CC(C)(C)OC(=O)N1CCC[C@@H](C(=O)O)C1.ClCCl.Nc1cccnc1.[2H]C#C. The molecule has 5 fully saturated rings. The van der Waals surface area contributed by atoms with E-state index in [0.29, 0.717) is 56.9 Å². The summed E-state index contributed by atoms with van der Waals surface area (Å²) >= 11 is 9.53. The Morgan fingerprint density at radius 3 is 1.43 bits per heavy atom. The normalized spacial score (nSPS) is 19.1. The number of urea groups is 1. The zero-order chi connectivity index (χ0) is 61.5. The Morgan fingerprint density at radius 2 is 1.05 bits per heavy atom. The molecule has 2 aromatic heterocycles. The van der Waals surface area contributed by atoms with Gasteiger partial charge in [-0.2, -0.15) is 0 Å². The lowest BCUT2D eigenvalue weighted by molar-refractivity contribution is -0.143. The van der Waals surface area contributed by atoms with Crippen LogP contribution in [0.1, 0.15) is 181 Å². The van der Waals surface area contributed by atoms with Gasteiger partial charge in [-0.15, -0.1) is 36.0 Å². The van der Waals surface area contributed by atoms with Crippen LogP contribution in [0.25, 0.3) is 0 Å². The number of nitrogens with two attached hydrogens (primary N) is 1. The maximum absolute atomic E-state index is 13.6. The molecule has 0 aromatic carbocycles. The average molecular weight is 1210 g/mol. The molecule has 7 rings (SSSR count). The molecule has 2 aromatic rings. The van der Waals surface area contributed by atoms with Crippen LogP contribution in [0.15, 0.2) is 49.1 Å². The fourth-order valence-corrected chi connectivity index (χ4v) is 9.56. The van der Waals surface area contributed by atoms with Crippen LogP contribution < -0.4 is 16.4 Å². The highest BCUT2D eigenvalue weighted by molar-refractivity contribution is 6.40. The highest BCUT2D eigenvalue weighted by Crippen LogP contribution is 2.29. The van der Waals surface area contributed by atoms with Crippen LogP contribution in [0.2, 0.25) is 0 Å². The van der Waals surface area contributed by atoms with Crippen LogP contribution in [0.3, 0.4) is 0 Å². The third-order valence-electron chi connectivity index (χ3n) is 13.2. The number of nitrogen functional groups attached to an aromatic ring is 1. The van der Waals surface area contributed by atoms with E-state index in [1.165, 1.54) is 29.0 Å². The number of rotatable bonds is 6. The van der Waals surface area contributed by atoms with Crippen molar-refractivity contribution in [3.8, 4) is 12.8 Å². The van der Waals surface area contributed by atoms with Gasteiger partial charge in [0.1, 0.15) is 18.2 Å². The number of ether oxygens (including phenoxy) is 3. The number of carboxylic acid groups (broad SMARTS) is 1. The Hall–Kier alpha value is -6.07. The number of terminal acetylenes is 1. The fourth-order valence-electron chi connectivity index (χ4n) is 9.56. The summed E-state index contributed by atoms with van der Waals surface area (Å²) in [5, 5.41) is 15.1. The topological polar surface area (TPSA) is 256 Å². The van der Waals surface area contributed by atoms with Crippen molar-refractivity contribution in [3.63, 3.8) is 0 Å². The van der Waals surface area contributed by atoms with Crippen LogP contribution >= 0.6 is 23.2 Å². The van der Waals surface area contributed by atoms with Gasteiger partial charge in [0.05, 0.1) is 40.7 Å². The lowest BCUT2D eigenvalue weighted by Gasteiger charge is -2.39. The highest BCUT2D eigenvalue weighted by atomic mass is 35.5. The van der Waals surface area contributed by atoms with Gasteiger partial charge in [-0.3, -0.25) is 29.3 Å². The molecular formula is C61H101Cl2N9O11. The predicted molar refractivity (Wildman–Crippen MR) is 330 cm³/mol. The number of nitrogens with one attached hydrogen (secondary N) is 2. The van der Waals surface area contributed by atoms with E-state index in [9.17, 15) is 33.6 Å². The number of aliphatic carboxylic acids is 1. The summed E-state index contributed by atoms with van der Waals surface area (Å²) in [6, 6.07) is 7.08. The largest absolute Gasteiger partial charge is 0.481 e. The molecule has 3 aliphatic heterocycles. The molecule has 22 heteroatoms. The van der Waals surface area contributed by atoms with Crippen molar-refractivity contribution in [2.24, 2.45) is 17.8 Å². The Morgan fingerprint density at radius 1 is 0.651 bits per heavy atom. The van der Waals surface area contributed by atoms with Crippen molar-refractivity contribution in [1.82, 2.24) is 34.9 Å². The molecule has 7 amide bonds. The van der Waals surface area contributed by atoms with Gasteiger partial charge in [-0.25, -0.2) is 19.2 Å². The van der Waals surface area contributed by atoms with E-state index >= 15 is 0 Å². The van der Waals surface area contributed by atoms with Gasteiger partial charge in [-0.1, -0.05) is 53.4 Å². The Labute approximate surface area is 507 Å². The molecule has 5 heterocycles. The Bertz CT molecular complexity index is 2290. The number of carboxylic acids is 1. The minimum atomic E-state index is -0.840. The first-order chi connectivity index (χ1) is 38.6. The van der Waals surface area contributed by atoms with Crippen molar-refractivity contribution in [2.45, 2.75) is 209 Å². The van der Waals surface area contributed by atoms with Crippen LogP contribution in [-0.2, 0) is 28.6 Å². The highest BCUT2D eigenvalue weighted by Gasteiger charge is 2.40. The van der Waals surface area contributed by atoms with Crippen LogP contribution in [0, 0.1) is 30.6 Å². The molecule has 0 unspecified atom stereocenters. The summed E-state index contributed by atoms with van der Waals surface area (Å²) in [5.41, 5.74) is 5.05. The number of nitrogens with zero attached hydrogens (tertiary/aromatic N) is 6. The summed E-state index contributed by atoms with van der Waals surface area (Å²) in [7, 11) is 0. The van der Waals surface area contributed by atoms with Gasteiger partial charge in [-0.05, 0) is 151 Å². The number of carbonyl (C=O) groups is 7. The smallest absolute Gasteiger partial charge is 0.410 e. The van der Waals surface area contributed by atoms with Crippen molar-refractivity contribution >= 4 is 76.7 Å². The zero-order valence-electron chi connectivity index (χ0n) is 50.4. The van der Waals surface area contributed by atoms with Gasteiger partial charge in [0.15, 0.2) is 0 Å². The zero-order valence-corrected chi connectivity index (χ0v) is 50.9. The quantitative estimate of drug-likeness (QED) is 0.119. The molecule has 5 aliphatic rings. The van der Waals surface area contributed by atoms with Crippen molar-refractivity contribution in [2.75, 3.05) is 55.7 Å². The minimum absolute atomic E-state index is 0. The second kappa shape index (κ2) is 39.5. The number of anilines is 2. The summed E-state index contributed by atoms with van der Waals surface area (Å²) in [6.45, 7) is 19.2. The summed E-state index contributed by atoms with van der Waals surface area (Å²) < 4.78 is 21.8. The minimum Gasteiger partial charge on any atom is -0.481 e. The fraction of sp³-hybridized carbons (Fsp3) is 0.689. The molecule has 20 nitrogen and oxygen atoms in total. The van der Waals surface area contributed by atoms with Gasteiger partial charge >= 0.3 is 30.3 Å². The molecule has 0 bridgehead atoms. The van der Waals surface area contributed by atoms with Crippen LogP contribution in [-0.4, -0.2) is 150 Å². The lowest BCUT2D eigenvalue weighted by Crippen LogP contribution is -2.56. The average Bonchev–Trinajstić information content (AvgIpc) is 3.58.